The van der Waals surface area contributed by atoms with E-state index in [2.05, 4.69) is 5.10 Å². The fourth-order valence-electron chi connectivity index (χ4n) is 1.74. The molecule has 1 saturated heterocycles. The van der Waals surface area contributed by atoms with Gasteiger partial charge in [0.25, 0.3) is 5.92 Å². The SMILES string of the molecule is CC.Cc1cnn(CC(=O)N2CCC(F)(F)C2)c1. The Balaban J connectivity index is 0.000000771. The second kappa shape index (κ2) is 5.93. The highest BCUT2D eigenvalue weighted by molar-refractivity contribution is 5.76. The summed E-state index contributed by atoms with van der Waals surface area (Å²) in [6.45, 7) is 5.56. The first-order chi connectivity index (χ1) is 8.46. The molecule has 0 saturated carbocycles. The van der Waals surface area contributed by atoms with Crippen LogP contribution in [-0.4, -0.2) is 39.6 Å². The molecule has 6 heteroatoms. The van der Waals surface area contributed by atoms with Gasteiger partial charge in [-0.2, -0.15) is 5.10 Å². The van der Waals surface area contributed by atoms with Gasteiger partial charge in [0.2, 0.25) is 5.91 Å². The lowest BCUT2D eigenvalue weighted by molar-refractivity contribution is -0.132. The number of hydrogen-bond acceptors (Lipinski definition) is 2. The van der Waals surface area contributed by atoms with Crippen molar-refractivity contribution >= 4 is 5.91 Å². The van der Waals surface area contributed by atoms with Gasteiger partial charge in [0.1, 0.15) is 6.54 Å². The maximum absolute atomic E-state index is 12.9. The molecule has 0 aromatic carbocycles. The van der Waals surface area contributed by atoms with Crippen LogP contribution in [0.4, 0.5) is 8.78 Å². The lowest BCUT2D eigenvalue weighted by Gasteiger charge is -2.15. The molecule has 0 unspecified atom stereocenters. The van der Waals surface area contributed by atoms with Crippen molar-refractivity contribution in [2.45, 2.75) is 39.7 Å². The molecule has 18 heavy (non-hydrogen) atoms. The Morgan fingerprint density at radius 2 is 2.17 bits per heavy atom. The smallest absolute Gasteiger partial charge is 0.267 e. The summed E-state index contributed by atoms with van der Waals surface area (Å²) >= 11 is 0. The molecule has 1 fully saturated rings. The van der Waals surface area contributed by atoms with Crippen LogP contribution >= 0.6 is 0 Å². The molecule has 0 bridgehead atoms. The van der Waals surface area contributed by atoms with E-state index in [-0.39, 0.29) is 25.4 Å². The van der Waals surface area contributed by atoms with Gasteiger partial charge in [-0.25, -0.2) is 8.78 Å². The zero-order valence-corrected chi connectivity index (χ0v) is 11.0. The van der Waals surface area contributed by atoms with E-state index in [0.717, 1.165) is 5.56 Å². The fraction of sp³-hybridized carbons (Fsp3) is 0.667. The molecule has 1 amide bonds. The van der Waals surface area contributed by atoms with Crippen molar-refractivity contribution in [2.24, 2.45) is 0 Å². The first kappa shape index (κ1) is 14.6. The van der Waals surface area contributed by atoms with E-state index >= 15 is 0 Å². The lowest BCUT2D eigenvalue weighted by atomic mass is 10.3. The molecular formula is C12H19F2N3O. The Labute approximate surface area is 106 Å². The van der Waals surface area contributed by atoms with Crippen molar-refractivity contribution in [3.63, 3.8) is 0 Å². The highest BCUT2D eigenvalue weighted by Crippen LogP contribution is 2.26. The molecule has 0 atom stereocenters. The number of carbonyl (C=O) groups is 1. The highest BCUT2D eigenvalue weighted by Gasteiger charge is 2.40. The van der Waals surface area contributed by atoms with Gasteiger partial charge in [-0.1, -0.05) is 13.8 Å². The number of likely N-dealkylation sites (tertiary alicyclic amines) is 1. The molecule has 2 heterocycles. The monoisotopic (exact) mass is 259 g/mol. The Hall–Kier alpha value is -1.46. The molecular weight excluding hydrogens is 240 g/mol. The van der Waals surface area contributed by atoms with Crippen molar-refractivity contribution in [1.82, 2.24) is 14.7 Å². The van der Waals surface area contributed by atoms with Crippen LogP contribution in [0, 0.1) is 6.92 Å². The third kappa shape index (κ3) is 3.78. The van der Waals surface area contributed by atoms with Crippen LogP contribution in [0.25, 0.3) is 0 Å². The average molecular weight is 259 g/mol. The highest BCUT2D eigenvalue weighted by atomic mass is 19.3. The van der Waals surface area contributed by atoms with Crippen LogP contribution in [0.5, 0.6) is 0 Å². The summed E-state index contributed by atoms with van der Waals surface area (Å²) in [5.41, 5.74) is 0.944. The third-order valence-corrected chi connectivity index (χ3v) is 2.58. The minimum absolute atomic E-state index is 0.0317. The Kier molecular flexibility index (Phi) is 4.81. The van der Waals surface area contributed by atoms with Gasteiger partial charge in [0, 0.05) is 19.2 Å². The molecule has 1 aliphatic rings. The summed E-state index contributed by atoms with van der Waals surface area (Å²) in [5.74, 6) is -3.03. The Morgan fingerprint density at radius 3 is 2.61 bits per heavy atom. The summed E-state index contributed by atoms with van der Waals surface area (Å²) in [5, 5.41) is 3.95. The predicted octanol–water partition coefficient (Wildman–Crippen LogP) is 2.09. The Morgan fingerprint density at radius 1 is 1.50 bits per heavy atom. The van der Waals surface area contributed by atoms with Crippen LogP contribution < -0.4 is 0 Å². The maximum atomic E-state index is 12.9. The molecule has 2 rings (SSSR count). The number of aryl methyl sites for hydroxylation is 1. The molecule has 0 radical (unpaired) electrons. The van der Waals surface area contributed by atoms with E-state index in [1.54, 1.807) is 12.4 Å². The molecule has 102 valence electrons. The second-order valence-corrected chi connectivity index (χ2v) is 4.14. The van der Waals surface area contributed by atoms with Gasteiger partial charge in [-0.15, -0.1) is 0 Å². The summed E-state index contributed by atoms with van der Waals surface area (Å²) < 4.78 is 27.2. The van der Waals surface area contributed by atoms with Crippen molar-refractivity contribution in [1.29, 1.82) is 0 Å². The average Bonchev–Trinajstić information content (AvgIpc) is 2.88. The normalized spacial score (nSPS) is 17.3. The molecule has 4 nitrogen and oxygen atoms in total. The van der Waals surface area contributed by atoms with Gasteiger partial charge in [-0.05, 0) is 12.5 Å². The van der Waals surface area contributed by atoms with Crippen LogP contribution in [0.3, 0.4) is 0 Å². The number of nitrogens with zero attached hydrogens (tertiary/aromatic N) is 3. The quantitative estimate of drug-likeness (QED) is 0.815. The van der Waals surface area contributed by atoms with Crippen molar-refractivity contribution in [2.75, 3.05) is 13.1 Å². The Bertz CT molecular complexity index is 404. The first-order valence-electron chi connectivity index (χ1n) is 6.11. The summed E-state index contributed by atoms with van der Waals surface area (Å²) in [6, 6.07) is 0. The van der Waals surface area contributed by atoms with E-state index < -0.39 is 12.5 Å². The summed E-state index contributed by atoms with van der Waals surface area (Å²) in [4.78, 5) is 12.8. The van der Waals surface area contributed by atoms with Crippen LogP contribution in [0.2, 0.25) is 0 Å². The van der Waals surface area contributed by atoms with Crippen molar-refractivity contribution < 1.29 is 13.6 Å². The molecule has 1 aromatic heterocycles. The van der Waals surface area contributed by atoms with Crippen molar-refractivity contribution in [3.05, 3.63) is 18.0 Å². The van der Waals surface area contributed by atoms with Gasteiger partial charge in [0.15, 0.2) is 0 Å². The number of carbonyl (C=O) groups excluding carboxylic acids is 1. The number of hydrogen-bond donors (Lipinski definition) is 0. The molecule has 0 aliphatic carbocycles. The maximum Gasteiger partial charge on any atom is 0.267 e. The largest absolute Gasteiger partial charge is 0.335 e. The third-order valence-electron chi connectivity index (χ3n) is 2.58. The van der Waals surface area contributed by atoms with E-state index in [4.69, 9.17) is 0 Å². The molecule has 1 aromatic rings. The number of rotatable bonds is 2. The van der Waals surface area contributed by atoms with Crippen LogP contribution in [-0.2, 0) is 11.3 Å². The minimum Gasteiger partial charge on any atom is -0.335 e. The first-order valence-corrected chi connectivity index (χ1v) is 6.11. The summed E-state index contributed by atoms with van der Waals surface area (Å²) in [7, 11) is 0. The van der Waals surface area contributed by atoms with E-state index in [1.807, 2.05) is 20.8 Å². The minimum atomic E-state index is -2.73. The van der Waals surface area contributed by atoms with Gasteiger partial charge in [0.05, 0.1) is 12.7 Å². The number of aromatic nitrogens is 2. The number of amides is 1. The predicted molar refractivity (Wildman–Crippen MR) is 64.5 cm³/mol. The van der Waals surface area contributed by atoms with E-state index in [0.29, 0.717) is 0 Å². The molecule has 0 N–H and O–H groups in total. The lowest BCUT2D eigenvalue weighted by Crippen LogP contribution is -2.34. The summed E-state index contributed by atoms with van der Waals surface area (Å²) in [6.07, 6.45) is 3.11. The number of halogens is 2. The standard InChI is InChI=1S/C10H13F2N3O.C2H6/c1-8-4-13-15(5-8)6-9(16)14-3-2-10(11,12)7-14;1-2/h4-5H,2-3,6-7H2,1H3;1-2H3. The zero-order chi connectivity index (χ0) is 13.8. The molecule has 0 spiro atoms. The van der Waals surface area contributed by atoms with Crippen LogP contribution in [0.15, 0.2) is 12.4 Å². The van der Waals surface area contributed by atoms with E-state index in [1.165, 1.54) is 9.58 Å². The number of alkyl halides is 2. The van der Waals surface area contributed by atoms with Crippen molar-refractivity contribution in [3.8, 4) is 0 Å². The van der Waals surface area contributed by atoms with E-state index in [9.17, 15) is 13.6 Å². The van der Waals surface area contributed by atoms with Gasteiger partial charge >= 0.3 is 0 Å². The van der Waals surface area contributed by atoms with Gasteiger partial charge < -0.3 is 4.90 Å². The second-order valence-electron chi connectivity index (χ2n) is 4.14. The zero-order valence-electron chi connectivity index (χ0n) is 11.0. The van der Waals surface area contributed by atoms with Gasteiger partial charge in [-0.3, -0.25) is 9.48 Å². The molecule has 1 aliphatic heterocycles. The fourth-order valence-corrected chi connectivity index (χ4v) is 1.74. The van der Waals surface area contributed by atoms with Crippen LogP contribution in [0.1, 0.15) is 25.8 Å². The topological polar surface area (TPSA) is 38.1 Å².